The Morgan fingerprint density at radius 1 is 1.32 bits per heavy atom. The molecule has 0 bridgehead atoms. The molecule has 0 radical (unpaired) electrons. The number of hydrogen-bond acceptors (Lipinski definition) is 6. The highest BCUT2D eigenvalue weighted by atomic mass is 16.3. The predicted molar refractivity (Wildman–Crippen MR) is 118 cm³/mol. The Labute approximate surface area is 178 Å². The first-order chi connectivity index (χ1) is 14.9. The first kappa shape index (κ1) is 18.5. The van der Waals surface area contributed by atoms with E-state index in [-0.39, 0.29) is 22.9 Å². The van der Waals surface area contributed by atoms with Crippen molar-refractivity contribution in [2.24, 2.45) is 7.05 Å². The van der Waals surface area contributed by atoms with E-state index in [2.05, 4.69) is 20.4 Å². The zero-order valence-electron chi connectivity index (χ0n) is 17.6. The molecule has 1 aliphatic carbocycles. The minimum atomic E-state index is -0.0464. The zero-order chi connectivity index (χ0) is 21.3. The maximum Gasteiger partial charge on any atom is 0.261 e. The number of fused-ring (bicyclic) bond motifs is 2. The van der Waals surface area contributed by atoms with Crippen molar-refractivity contribution in [1.29, 1.82) is 0 Å². The molecule has 3 aromatic heterocycles. The number of aromatic hydroxyl groups is 1. The highest BCUT2D eigenvalue weighted by molar-refractivity contribution is 5.90. The van der Waals surface area contributed by atoms with Gasteiger partial charge in [0.2, 0.25) is 0 Å². The standard InChI is InChI=1S/C23H24N6O2/c1-13-19-14(12-28(2)27-19)9-16(20(13)30)21-24-11-17-18(26-21)4-8-29(22(17)31)15-3-7-25-23(10-15)5-6-23/h4,8-9,11-12,15,25,30H,3,5-7,10H2,1-2H3/t15-/m1/s1. The molecule has 1 saturated carbocycles. The van der Waals surface area contributed by atoms with Crippen molar-refractivity contribution in [3.8, 4) is 17.1 Å². The Hall–Kier alpha value is -3.26. The Morgan fingerprint density at radius 3 is 2.97 bits per heavy atom. The van der Waals surface area contributed by atoms with Crippen LogP contribution in [0.15, 0.2) is 35.5 Å². The third-order valence-corrected chi connectivity index (χ3v) is 6.89. The lowest BCUT2D eigenvalue weighted by atomic mass is 9.97. The molecule has 8 heteroatoms. The molecule has 4 aromatic rings. The Balaban J connectivity index is 1.43. The lowest BCUT2D eigenvalue weighted by molar-refractivity contribution is 0.282. The second-order valence-corrected chi connectivity index (χ2v) is 9.01. The number of phenols is 1. The van der Waals surface area contributed by atoms with Crippen LogP contribution in [-0.2, 0) is 7.05 Å². The van der Waals surface area contributed by atoms with Crippen molar-refractivity contribution >= 4 is 21.8 Å². The van der Waals surface area contributed by atoms with Gasteiger partial charge in [-0.15, -0.1) is 0 Å². The summed E-state index contributed by atoms with van der Waals surface area (Å²) >= 11 is 0. The lowest BCUT2D eigenvalue weighted by Gasteiger charge is -2.31. The van der Waals surface area contributed by atoms with Gasteiger partial charge in [-0.05, 0) is 51.3 Å². The number of nitrogens with one attached hydrogen (secondary N) is 1. The van der Waals surface area contributed by atoms with Crippen molar-refractivity contribution < 1.29 is 5.11 Å². The Morgan fingerprint density at radius 2 is 2.16 bits per heavy atom. The fourth-order valence-corrected chi connectivity index (χ4v) is 4.97. The molecule has 1 aliphatic heterocycles. The van der Waals surface area contributed by atoms with Crippen molar-refractivity contribution in [3.63, 3.8) is 0 Å². The summed E-state index contributed by atoms with van der Waals surface area (Å²) in [4.78, 5) is 22.3. The van der Waals surface area contributed by atoms with Crippen molar-refractivity contribution in [1.82, 2.24) is 29.6 Å². The third-order valence-electron chi connectivity index (χ3n) is 6.89. The number of aryl methyl sites for hydroxylation is 2. The number of pyridine rings is 1. The summed E-state index contributed by atoms with van der Waals surface area (Å²) in [5.41, 5.74) is 2.77. The van der Waals surface area contributed by atoms with Crippen LogP contribution in [0, 0.1) is 6.92 Å². The number of benzene rings is 1. The molecule has 8 nitrogen and oxygen atoms in total. The van der Waals surface area contributed by atoms with Gasteiger partial charge in [-0.25, -0.2) is 9.97 Å². The molecule has 1 aromatic carbocycles. The highest BCUT2D eigenvalue weighted by Gasteiger charge is 2.46. The predicted octanol–water partition coefficient (Wildman–Crippen LogP) is 2.82. The average Bonchev–Trinajstić information content (AvgIpc) is 3.39. The normalized spacial score (nSPS) is 20.0. The number of piperidine rings is 1. The van der Waals surface area contributed by atoms with Gasteiger partial charge in [0.1, 0.15) is 5.75 Å². The van der Waals surface area contributed by atoms with E-state index in [9.17, 15) is 9.90 Å². The molecule has 158 valence electrons. The molecule has 31 heavy (non-hydrogen) atoms. The second-order valence-electron chi connectivity index (χ2n) is 9.01. The monoisotopic (exact) mass is 416 g/mol. The Kier molecular flexibility index (Phi) is 3.80. The van der Waals surface area contributed by atoms with Crippen LogP contribution in [0.2, 0.25) is 0 Å². The van der Waals surface area contributed by atoms with Crippen LogP contribution in [0.1, 0.15) is 37.3 Å². The van der Waals surface area contributed by atoms with E-state index >= 15 is 0 Å². The number of hydrogen-bond donors (Lipinski definition) is 2. The number of aromatic nitrogens is 5. The van der Waals surface area contributed by atoms with Crippen LogP contribution in [-0.4, -0.2) is 41.5 Å². The van der Waals surface area contributed by atoms with Gasteiger partial charge >= 0.3 is 0 Å². The zero-order valence-corrected chi connectivity index (χ0v) is 17.6. The fourth-order valence-electron chi connectivity index (χ4n) is 4.97. The summed E-state index contributed by atoms with van der Waals surface area (Å²) in [7, 11) is 1.85. The first-order valence-corrected chi connectivity index (χ1v) is 10.7. The van der Waals surface area contributed by atoms with Crippen molar-refractivity contribution in [3.05, 3.63) is 46.6 Å². The average molecular weight is 416 g/mol. The van der Waals surface area contributed by atoms with Crippen LogP contribution in [0.25, 0.3) is 33.2 Å². The summed E-state index contributed by atoms with van der Waals surface area (Å²) in [6.07, 6.45) is 9.69. The molecule has 6 rings (SSSR count). The molecular formula is C23H24N6O2. The molecule has 2 N–H and O–H groups in total. The van der Waals surface area contributed by atoms with Gasteiger partial charge in [0.05, 0.1) is 22.0 Å². The largest absolute Gasteiger partial charge is 0.507 e. The third kappa shape index (κ3) is 2.85. The minimum absolute atomic E-state index is 0.0464. The molecule has 2 aliphatic rings. The van der Waals surface area contributed by atoms with Crippen LogP contribution in [0.3, 0.4) is 0 Å². The maximum absolute atomic E-state index is 13.2. The summed E-state index contributed by atoms with van der Waals surface area (Å²) in [6.45, 7) is 2.78. The topological polar surface area (TPSA) is 97.9 Å². The smallest absolute Gasteiger partial charge is 0.261 e. The van der Waals surface area contributed by atoms with E-state index in [1.807, 2.05) is 43.1 Å². The first-order valence-electron chi connectivity index (χ1n) is 10.7. The van der Waals surface area contributed by atoms with Gasteiger partial charge in [0, 0.05) is 48.2 Å². The summed E-state index contributed by atoms with van der Waals surface area (Å²) in [5, 5.41) is 20.2. The number of rotatable bonds is 2. The molecule has 1 spiro atoms. The van der Waals surface area contributed by atoms with Gasteiger partial charge in [-0.1, -0.05) is 0 Å². The minimum Gasteiger partial charge on any atom is -0.507 e. The van der Waals surface area contributed by atoms with Crippen LogP contribution >= 0.6 is 0 Å². The summed E-state index contributed by atoms with van der Waals surface area (Å²) in [6, 6.07) is 3.94. The SMILES string of the molecule is Cc1c(O)c(-c2ncc3c(=O)n([C@@H]4CCNC5(CC5)C4)ccc3n2)cc2cn(C)nc12. The molecule has 1 atom stereocenters. The molecular weight excluding hydrogens is 392 g/mol. The van der Waals surface area contributed by atoms with Gasteiger partial charge in [-0.2, -0.15) is 5.10 Å². The summed E-state index contributed by atoms with van der Waals surface area (Å²) in [5.74, 6) is 0.512. The van der Waals surface area contributed by atoms with Gasteiger partial charge in [0.15, 0.2) is 5.82 Å². The van der Waals surface area contributed by atoms with E-state index in [0.717, 1.165) is 30.3 Å². The van der Waals surface area contributed by atoms with E-state index in [1.165, 1.54) is 12.8 Å². The molecule has 0 amide bonds. The molecule has 4 heterocycles. The summed E-state index contributed by atoms with van der Waals surface area (Å²) < 4.78 is 3.58. The quantitative estimate of drug-likeness (QED) is 0.522. The second kappa shape index (κ2) is 6.37. The molecule has 0 unspecified atom stereocenters. The van der Waals surface area contributed by atoms with Crippen molar-refractivity contribution in [2.45, 2.75) is 44.2 Å². The van der Waals surface area contributed by atoms with Gasteiger partial charge in [0.25, 0.3) is 5.56 Å². The van der Waals surface area contributed by atoms with E-state index in [4.69, 9.17) is 0 Å². The number of phenolic OH excluding ortho intramolecular Hbond substituents is 1. The van der Waals surface area contributed by atoms with Crippen LogP contribution in [0.5, 0.6) is 5.75 Å². The Bertz CT molecular complexity index is 1420. The van der Waals surface area contributed by atoms with E-state index < -0.39 is 0 Å². The van der Waals surface area contributed by atoms with Crippen molar-refractivity contribution in [2.75, 3.05) is 6.54 Å². The highest BCUT2D eigenvalue weighted by Crippen LogP contribution is 2.45. The van der Waals surface area contributed by atoms with Gasteiger partial charge < -0.3 is 15.0 Å². The van der Waals surface area contributed by atoms with Crippen LogP contribution < -0.4 is 10.9 Å². The molecule has 2 fully saturated rings. The van der Waals surface area contributed by atoms with Gasteiger partial charge in [-0.3, -0.25) is 9.48 Å². The van der Waals surface area contributed by atoms with Crippen LogP contribution in [0.4, 0.5) is 0 Å². The van der Waals surface area contributed by atoms with E-state index in [0.29, 0.717) is 27.9 Å². The van der Waals surface area contributed by atoms with E-state index in [1.54, 1.807) is 10.9 Å². The molecule has 1 saturated heterocycles. The number of nitrogens with zero attached hydrogens (tertiary/aromatic N) is 5. The lowest BCUT2D eigenvalue weighted by Crippen LogP contribution is -2.42. The maximum atomic E-state index is 13.2. The fraction of sp³-hybridized carbons (Fsp3) is 0.391.